The molecule has 0 spiro atoms. The summed E-state index contributed by atoms with van der Waals surface area (Å²) in [6.07, 6.45) is 5.23. The lowest BCUT2D eigenvalue weighted by Gasteiger charge is -2.12. The number of hydrogen-bond acceptors (Lipinski definition) is 2. The third-order valence-electron chi connectivity index (χ3n) is 4.60. The van der Waals surface area contributed by atoms with Crippen molar-refractivity contribution in [3.8, 4) is 11.1 Å². The summed E-state index contributed by atoms with van der Waals surface area (Å²) in [6, 6.07) is 9.35. The molecule has 0 bridgehead atoms. The number of urea groups is 1. The van der Waals surface area contributed by atoms with Gasteiger partial charge in [0.15, 0.2) is 0 Å². The number of carbonyl (C=O) groups excluding carboxylic acids is 1. The lowest BCUT2D eigenvalue weighted by Crippen LogP contribution is -2.30. The Morgan fingerprint density at radius 3 is 2.83 bits per heavy atom. The molecular formula is C19H22ClN3O. The number of hydrogen-bond donors (Lipinski definition) is 2. The SMILES string of the molecule is Cc1ncc(NC(=O)NCCC2(C)CC2)cc1-c1cccc(Cl)c1. The van der Waals surface area contributed by atoms with Crippen molar-refractivity contribution in [2.75, 3.05) is 11.9 Å². The van der Waals surface area contributed by atoms with Crippen LogP contribution in [0.2, 0.25) is 5.02 Å². The molecule has 2 aromatic rings. The van der Waals surface area contributed by atoms with E-state index < -0.39 is 0 Å². The molecule has 0 atom stereocenters. The Balaban J connectivity index is 1.65. The Hall–Kier alpha value is -2.07. The Bertz CT molecular complexity index is 756. The summed E-state index contributed by atoms with van der Waals surface area (Å²) in [7, 11) is 0. The highest BCUT2D eigenvalue weighted by molar-refractivity contribution is 6.30. The normalized spacial score (nSPS) is 15.0. The lowest BCUT2D eigenvalue weighted by atomic mass is 10.0. The van der Waals surface area contributed by atoms with E-state index in [1.54, 1.807) is 6.20 Å². The van der Waals surface area contributed by atoms with Gasteiger partial charge < -0.3 is 10.6 Å². The molecule has 24 heavy (non-hydrogen) atoms. The maximum Gasteiger partial charge on any atom is 0.319 e. The minimum Gasteiger partial charge on any atom is -0.338 e. The number of benzene rings is 1. The molecule has 1 aromatic carbocycles. The second kappa shape index (κ2) is 6.81. The largest absolute Gasteiger partial charge is 0.338 e. The summed E-state index contributed by atoms with van der Waals surface area (Å²) in [5, 5.41) is 6.44. The van der Waals surface area contributed by atoms with Crippen LogP contribution >= 0.6 is 11.6 Å². The monoisotopic (exact) mass is 343 g/mol. The number of nitrogens with one attached hydrogen (secondary N) is 2. The van der Waals surface area contributed by atoms with Gasteiger partial charge in [-0.3, -0.25) is 4.98 Å². The standard InChI is InChI=1S/C19H22ClN3O/c1-13-17(14-4-3-5-15(20)10-14)11-16(12-22-13)23-18(24)21-9-8-19(2)6-7-19/h3-5,10-12H,6-9H2,1-2H3,(H2,21,23,24). The van der Waals surface area contributed by atoms with E-state index in [4.69, 9.17) is 11.6 Å². The minimum atomic E-state index is -0.193. The summed E-state index contributed by atoms with van der Waals surface area (Å²) in [5.74, 6) is 0. The summed E-state index contributed by atoms with van der Waals surface area (Å²) >= 11 is 6.07. The predicted octanol–water partition coefficient (Wildman–Crippen LogP) is 5.02. The predicted molar refractivity (Wildman–Crippen MR) is 98.4 cm³/mol. The van der Waals surface area contributed by atoms with Crippen LogP contribution in [0.5, 0.6) is 0 Å². The number of anilines is 1. The molecule has 4 nitrogen and oxygen atoms in total. The molecule has 1 heterocycles. The molecular weight excluding hydrogens is 322 g/mol. The van der Waals surface area contributed by atoms with Crippen molar-refractivity contribution in [2.24, 2.45) is 5.41 Å². The number of nitrogens with zero attached hydrogens (tertiary/aromatic N) is 1. The molecule has 1 aromatic heterocycles. The molecule has 0 radical (unpaired) electrons. The fourth-order valence-electron chi connectivity index (χ4n) is 2.67. The Labute approximate surface area is 147 Å². The van der Waals surface area contributed by atoms with Crippen LogP contribution in [0.15, 0.2) is 36.5 Å². The Kier molecular flexibility index (Phi) is 4.76. The number of halogens is 1. The van der Waals surface area contributed by atoms with Crippen molar-refractivity contribution in [3.63, 3.8) is 0 Å². The van der Waals surface area contributed by atoms with Crippen molar-refractivity contribution < 1.29 is 4.79 Å². The molecule has 2 amide bonds. The van der Waals surface area contributed by atoms with Gasteiger partial charge in [0.2, 0.25) is 0 Å². The minimum absolute atomic E-state index is 0.193. The highest BCUT2D eigenvalue weighted by atomic mass is 35.5. The van der Waals surface area contributed by atoms with Crippen LogP contribution < -0.4 is 10.6 Å². The van der Waals surface area contributed by atoms with Crippen LogP contribution in [0, 0.1) is 12.3 Å². The molecule has 126 valence electrons. The van der Waals surface area contributed by atoms with Crippen molar-refractivity contribution >= 4 is 23.3 Å². The first-order valence-electron chi connectivity index (χ1n) is 8.23. The van der Waals surface area contributed by atoms with Crippen LogP contribution in [0.25, 0.3) is 11.1 Å². The lowest BCUT2D eigenvalue weighted by molar-refractivity contribution is 0.251. The van der Waals surface area contributed by atoms with Gasteiger partial charge in [-0.1, -0.05) is 30.7 Å². The van der Waals surface area contributed by atoms with E-state index in [9.17, 15) is 4.79 Å². The zero-order chi connectivity index (χ0) is 17.2. The number of pyridine rings is 1. The number of amides is 2. The summed E-state index contributed by atoms with van der Waals surface area (Å²) < 4.78 is 0. The van der Waals surface area contributed by atoms with E-state index in [1.807, 2.05) is 37.3 Å². The van der Waals surface area contributed by atoms with Crippen LogP contribution in [0.4, 0.5) is 10.5 Å². The number of rotatable bonds is 5. The van der Waals surface area contributed by atoms with Gasteiger partial charge >= 0.3 is 6.03 Å². The molecule has 1 saturated carbocycles. The van der Waals surface area contributed by atoms with Gasteiger partial charge in [0.1, 0.15) is 0 Å². The van der Waals surface area contributed by atoms with E-state index in [2.05, 4.69) is 22.5 Å². The first-order valence-corrected chi connectivity index (χ1v) is 8.60. The molecule has 1 aliphatic carbocycles. The molecule has 1 aliphatic rings. The van der Waals surface area contributed by atoms with Crippen LogP contribution in [0.3, 0.4) is 0 Å². The highest BCUT2D eigenvalue weighted by Gasteiger charge is 2.36. The molecule has 0 unspecified atom stereocenters. The topological polar surface area (TPSA) is 54.0 Å². The zero-order valence-corrected chi connectivity index (χ0v) is 14.8. The molecule has 2 N–H and O–H groups in total. The van der Waals surface area contributed by atoms with E-state index in [0.29, 0.717) is 22.7 Å². The quantitative estimate of drug-likeness (QED) is 0.800. The third kappa shape index (κ3) is 4.26. The van der Waals surface area contributed by atoms with Crippen molar-refractivity contribution in [3.05, 3.63) is 47.2 Å². The molecule has 0 aliphatic heterocycles. The van der Waals surface area contributed by atoms with Gasteiger partial charge in [0.05, 0.1) is 11.9 Å². The second-order valence-electron chi connectivity index (χ2n) is 6.81. The molecule has 0 saturated heterocycles. The van der Waals surface area contributed by atoms with Crippen molar-refractivity contribution in [2.45, 2.75) is 33.1 Å². The van der Waals surface area contributed by atoms with Gasteiger partial charge in [-0.15, -0.1) is 0 Å². The van der Waals surface area contributed by atoms with E-state index >= 15 is 0 Å². The van der Waals surface area contributed by atoms with Gasteiger partial charge in [-0.2, -0.15) is 0 Å². The second-order valence-corrected chi connectivity index (χ2v) is 7.25. The van der Waals surface area contributed by atoms with Crippen molar-refractivity contribution in [1.82, 2.24) is 10.3 Å². The molecule has 1 fully saturated rings. The summed E-state index contributed by atoms with van der Waals surface area (Å²) in [6.45, 7) is 4.90. The summed E-state index contributed by atoms with van der Waals surface area (Å²) in [4.78, 5) is 16.4. The average Bonchev–Trinajstić information content (AvgIpc) is 3.27. The van der Waals surface area contributed by atoms with Crippen LogP contribution in [0.1, 0.15) is 31.9 Å². The number of carbonyl (C=O) groups is 1. The summed E-state index contributed by atoms with van der Waals surface area (Å²) in [5.41, 5.74) is 3.95. The van der Waals surface area contributed by atoms with Gasteiger partial charge in [-0.05, 0) is 55.4 Å². The van der Waals surface area contributed by atoms with E-state index in [-0.39, 0.29) is 6.03 Å². The highest BCUT2D eigenvalue weighted by Crippen LogP contribution is 2.47. The first-order chi connectivity index (χ1) is 11.5. The molecule has 3 rings (SSSR count). The van der Waals surface area contributed by atoms with Crippen LogP contribution in [-0.4, -0.2) is 17.6 Å². The number of aromatic nitrogens is 1. The van der Waals surface area contributed by atoms with Gasteiger partial charge in [0.25, 0.3) is 0 Å². The molecule has 5 heteroatoms. The maximum absolute atomic E-state index is 12.0. The smallest absolute Gasteiger partial charge is 0.319 e. The maximum atomic E-state index is 12.0. The third-order valence-corrected chi connectivity index (χ3v) is 4.83. The Morgan fingerprint density at radius 2 is 2.12 bits per heavy atom. The fourth-order valence-corrected chi connectivity index (χ4v) is 2.86. The number of aryl methyl sites for hydroxylation is 1. The van der Waals surface area contributed by atoms with E-state index in [1.165, 1.54) is 12.8 Å². The van der Waals surface area contributed by atoms with E-state index in [0.717, 1.165) is 23.2 Å². The first kappa shape index (κ1) is 16.8. The Morgan fingerprint density at radius 1 is 1.33 bits per heavy atom. The van der Waals surface area contributed by atoms with Crippen LogP contribution in [-0.2, 0) is 0 Å². The van der Waals surface area contributed by atoms with Gasteiger partial charge in [-0.25, -0.2) is 4.79 Å². The fraction of sp³-hybridized carbons (Fsp3) is 0.368. The zero-order valence-electron chi connectivity index (χ0n) is 14.0. The average molecular weight is 344 g/mol. The van der Waals surface area contributed by atoms with Crippen molar-refractivity contribution in [1.29, 1.82) is 0 Å². The van der Waals surface area contributed by atoms with Gasteiger partial charge in [0, 0.05) is 22.8 Å².